The number of carbonyl (C=O) groups is 1. The highest BCUT2D eigenvalue weighted by Crippen LogP contribution is 2.32. The molecular formula is C15H16N4O. The Bertz CT molecular complexity index is 764. The summed E-state index contributed by atoms with van der Waals surface area (Å²) < 4.78 is 1.88. The third-order valence-corrected chi connectivity index (χ3v) is 3.65. The van der Waals surface area contributed by atoms with E-state index < -0.39 is 0 Å². The van der Waals surface area contributed by atoms with Gasteiger partial charge in [-0.05, 0) is 30.0 Å². The number of amides is 1. The molecule has 3 rings (SSSR count). The van der Waals surface area contributed by atoms with Gasteiger partial charge in [0, 0.05) is 18.0 Å². The van der Waals surface area contributed by atoms with Gasteiger partial charge in [0.15, 0.2) is 5.96 Å². The minimum Gasteiger partial charge on any atom is -0.370 e. The van der Waals surface area contributed by atoms with Crippen molar-refractivity contribution in [2.75, 3.05) is 0 Å². The number of aryl methyl sites for hydroxylation is 2. The maximum absolute atomic E-state index is 12.3. The molecule has 0 fully saturated rings. The van der Waals surface area contributed by atoms with Gasteiger partial charge in [0.2, 0.25) is 0 Å². The van der Waals surface area contributed by atoms with Gasteiger partial charge >= 0.3 is 0 Å². The number of carbonyl (C=O) groups excluding carboxylic acids is 1. The SMILES string of the molecule is Cn1c(C(=O)N=C(N)N)c2c3c(cccc31)C=CCC2. The van der Waals surface area contributed by atoms with Crippen LogP contribution in [0.1, 0.15) is 28.0 Å². The van der Waals surface area contributed by atoms with E-state index in [1.165, 1.54) is 0 Å². The molecule has 2 aromatic rings. The van der Waals surface area contributed by atoms with E-state index in [0.29, 0.717) is 5.69 Å². The van der Waals surface area contributed by atoms with Gasteiger partial charge in [0.25, 0.3) is 5.91 Å². The van der Waals surface area contributed by atoms with Gasteiger partial charge in [0.05, 0.1) is 0 Å². The molecule has 0 aliphatic heterocycles. The lowest BCUT2D eigenvalue weighted by Crippen LogP contribution is -2.25. The zero-order valence-corrected chi connectivity index (χ0v) is 11.3. The van der Waals surface area contributed by atoms with E-state index >= 15 is 0 Å². The van der Waals surface area contributed by atoms with Crippen LogP contribution in [0.5, 0.6) is 0 Å². The second-order valence-corrected chi connectivity index (χ2v) is 4.91. The van der Waals surface area contributed by atoms with Crippen molar-refractivity contribution >= 4 is 28.8 Å². The molecule has 0 unspecified atom stereocenters. The molecule has 0 radical (unpaired) electrons. The maximum atomic E-state index is 12.3. The molecule has 102 valence electrons. The van der Waals surface area contributed by atoms with Crippen molar-refractivity contribution in [3.63, 3.8) is 0 Å². The average molecular weight is 268 g/mol. The Balaban J connectivity index is 2.35. The van der Waals surface area contributed by atoms with Crippen LogP contribution < -0.4 is 11.5 Å². The molecule has 1 aliphatic carbocycles. The van der Waals surface area contributed by atoms with Crippen LogP contribution in [0.25, 0.3) is 17.0 Å². The van der Waals surface area contributed by atoms with Crippen molar-refractivity contribution in [2.45, 2.75) is 12.8 Å². The average Bonchev–Trinajstić information content (AvgIpc) is 2.56. The summed E-state index contributed by atoms with van der Waals surface area (Å²) in [7, 11) is 1.87. The fraction of sp³-hybridized carbons (Fsp3) is 0.200. The van der Waals surface area contributed by atoms with Crippen molar-refractivity contribution in [3.8, 4) is 0 Å². The van der Waals surface area contributed by atoms with Gasteiger partial charge < -0.3 is 16.0 Å². The number of hydrogen-bond acceptors (Lipinski definition) is 1. The number of allylic oxidation sites excluding steroid dienone is 1. The topological polar surface area (TPSA) is 86.4 Å². The summed E-state index contributed by atoms with van der Waals surface area (Å²) in [5, 5.41) is 1.12. The lowest BCUT2D eigenvalue weighted by Gasteiger charge is -2.03. The quantitative estimate of drug-likeness (QED) is 0.607. The normalized spacial score (nSPS) is 13.2. The number of rotatable bonds is 1. The minimum atomic E-state index is -0.383. The first-order valence-corrected chi connectivity index (χ1v) is 6.50. The molecule has 0 bridgehead atoms. The first-order valence-electron chi connectivity index (χ1n) is 6.50. The maximum Gasteiger partial charge on any atom is 0.297 e. The number of aliphatic imine (C=N–C) groups is 1. The molecule has 20 heavy (non-hydrogen) atoms. The molecule has 5 heteroatoms. The summed E-state index contributed by atoms with van der Waals surface area (Å²) >= 11 is 0. The Morgan fingerprint density at radius 2 is 2.15 bits per heavy atom. The minimum absolute atomic E-state index is 0.209. The van der Waals surface area contributed by atoms with E-state index in [2.05, 4.69) is 23.2 Å². The lowest BCUT2D eigenvalue weighted by atomic mass is 10.0. The molecule has 0 saturated heterocycles. The first kappa shape index (κ1) is 12.5. The molecule has 1 amide bonds. The molecule has 0 saturated carbocycles. The monoisotopic (exact) mass is 268 g/mol. The van der Waals surface area contributed by atoms with Gasteiger partial charge in [-0.2, -0.15) is 4.99 Å². The zero-order valence-electron chi connectivity index (χ0n) is 11.3. The van der Waals surface area contributed by atoms with Crippen LogP contribution in [-0.2, 0) is 13.5 Å². The fourth-order valence-electron chi connectivity index (χ4n) is 2.87. The predicted octanol–water partition coefficient (Wildman–Crippen LogP) is 1.55. The van der Waals surface area contributed by atoms with Gasteiger partial charge in [-0.3, -0.25) is 4.79 Å². The van der Waals surface area contributed by atoms with E-state index in [4.69, 9.17) is 11.5 Å². The van der Waals surface area contributed by atoms with Gasteiger partial charge in [-0.25, -0.2) is 0 Å². The Hall–Kier alpha value is -2.56. The van der Waals surface area contributed by atoms with Crippen LogP contribution >= 0.6 is 0 Å². The number of guanidine groups is 1. The van der Waals surface area contributed by atoms with Crippen LogP contribution in [0.2, 0.25) is 0 Å². The number of benzene rings is 1. The van der Waals surface area contributed by atoms with Crippen LogP contribution in [0.3, 0.4) is 0 Å². The standard InChI is InChI=1S/C15H16N4O/c1-19-11-8-4-6-9-5-2-3-7-10(12(9)11)13(19)14(20)18-15(16)17/h2,4-6,8H,3,7H2,1H3,(H4,16,17,18,20). The lowest BCUT2D eigenvalue weighted by molar-refractivity contribution is 0.0994. The third kappa shape index (κ3) is 1.79. The molecule has 5 nitrogen and oxygen atoms in total. The third-order valence-electron chi connectivity index (χ3n) is 3.65. The van der Waals surface area contributed by atoms with Gasteiger partial charge in [-0.15, -0.1) is 0 Å². The smallest absolute Gasteiger partial charge is 0.297 e. The number of nitrogens with two attached hydrogens (primary N) is 2. The van der Waals surface area contributed by atoms with Crippen molar-refractivity contribution < 1.29 is 4.79 Å². The van der Waals surface area contributed by atoms with Crippen LogP contribution in [0.4, 0.5) is 0 Å². The van der Waals surface area contributed by atoms with Crippen molar-refractivity contribution in [1.82, 2.24) is 4.57 Å². The first-order chi connectivity index (χ1) is 9.59. The summed E-state index contributed by atoms with van der Waals surface area (Å²) in [6, 6.07) is 6.06. The Morgan fingerprint density at radius 1 is 1.35 bits per heavy atom. The Labute approximate surface area is 116 Å². The van der Waals surface area contributed by atoms with Crippen molar-refractivity contribution in [2.24, 2.45) is 23.5 Å². The highest BCUT2D eigenvalue weighted by Gasteiger charge is 2.22. The Morgan fingerprint density at radius 3 is 2.90 bits per heavy atom. The highest BCUT2D eigenvalue weighted by molar-refractivity contribution is 6.07. The van der Waals surface area contributed by atoms with Gasteiger partial charge in [-0.1, -0.05) is 24.3 Å². The molecule has 4 N–H and O–H groups in total. The van der Waals surface area contributed by atoms with E-state index in [9.17, 15) is 4.79 Å². The summed E-state index contributed by atoms with van der Waals surface area (Å²) in [4.78, 5) is 16.0. The molecule has 1 aromatic carbocycles. The summed E-state index contributed by atoms with van der Waals surface area (Å²) in [6.45, 7) is 0. The summed E-state index contributed by atoms with van der Waals surface area (Å²) in [5.74, 6) is -0.592. The largest absolute Gasteiger partial charge is 0.370 e. The second kappa shape index (κ2) is 4.52. The van der Waals surface area contributed by atoms with Crippen LogP contribution in [0, 0.1) is 0 Å². The van der Waals surface area contributed by atoms with E-state index in [1.807, 2.05) is 23.7 Å². The highest BCUT2D eigenvalue weighted by atomic mass is 16.1. The fourth-order valence-corrected chi connectivity index (χ4v) is 2.87. The molecule has 1 aliphatic rings. The molecule has 1 heterocycles. The summed E-state index contributed by atoms with van der Waals surface area (Å²) in [6.07, 6.45) is 5.94. The van der Waals surface area contributed by atoms with E-state index in [-0.39, 0.29) is 11.9 Å². The predicted molar refractivity (Wildman–Crippen MR) is 80.4 cm³/mol. The van der Waals surface area contributed by atoms with E-state index in [0.717, 1.165) is 34.9 Å². The number of nitrogens with zero attached hydrogens (tertiary/aromatic N) is 2. The van der Waals surface area contributed by atoms with Crippen LogP contribution in [-0.4, -0.2) is 16.4 Å². The second-order valence-electron chi connectivity index (χ2n) is 4.91. The molecule has 1 aromatic heterocycles. The van der Waals surface area contributed by atoms with Gasteiger partial charge in [0.1, 0.15) is 5.69 Å². The van der Waals surface area contributed by atoms with E-state index in [1.54, 1.807) is 0 Å². The summed E-state index contributed by atoms with van der Waals surface area (Å²) in [5.41, 5.74) is 14.4. The number of aromatic nitrogens is 1. The molecule has 0 atom stereocenters. The number of hydrogen-bond donors (Lipinski definition) is 2. The van der Waals surface area contributed by atoms with Crippen molar-refractivity contribution in [1.29, 1.82) is 0 Å². The van der Waals surface area contributed by atoms with Crippen molar-refractivity contribution in [3.05, 3.63) is 41.1 Å². The Kier molecular flexibility index (Phi) is 2.82. The molecule has 0 spiro atoms. The molecular weight excluding hydrogens is 252 g/mol. The van der Waals surface area contributed by atoms with Crippen LogP contribution in [0.15, 0.2) is 29.3 Å². The zero-order chi connectivity index (χ0) is 14.3.